The number of urea groups is 1. The van der Waals surface area contributed by atoms with Crippen LogP contribution in [-0.4, -0.2) is 25.1 Å². The third-order valence-corrected chi connectivity index (χ3v) is 2.94. The maximum Gasteiger partial charge on any atom is 0.333 e. The van der Waals surface area contributed by atoms with Crippen LogP contribution in [-0.2, 0) is 0 Å². The molecule has 4 heteroatoms. The maximum atomic E-state index is 11.9. The minimum absolute atomic E-state index is 0.208. The lowest BCUT2D eigenvalue weighted by Crippen LogP contribution is -2.39. The Bertz CT molecular complexity index is 413. The van der Waals surface area contributed by atoms with Gasteiger partial charge in [0.1, 0.15) is 0 Å². The highest BCUT2D eigenvalue weighted by Gasteiger charge is 2.15. The molecule has 0 unspecified atom stereocenters. The Hall–Kier alpha value is -1.55. The summed E-state index contributed by atoms with van der Waals surface area (Å²) in [7, 11) is 3.58. The summed E-state index contributed by atoms with van der Waals surface area (Å²) >= 11 is 0. The molecule has 0 aliphatic rings. The van der Waals surface area contributed by atoms with E-state index in [1.165, 1.54) is 11.1 Å². The topological polar surface area (TPSA) is 44.4 Å². The van der Waals surface area contributed by atoms with Crippen molar-refractivity contribution in [2.24, 2.45) is 0 Å². The molecule has 1 rings (SSSR count). The van der Waals surface area contributed by atoms with E-state index in [4.69, 9.17) is 0 Å². The van der Waals surface area contributed by atoms with Gasteiger partial charge in [0.2, 0.25) is 0 Å². The van der Waals surface area contributed by atoms with E-state index in [-0.39, 0.29) is 6.03 Å². The number of nitrogens with one attached hydrogen (secondary N) is 2. The molecule has 2 amide bonds. The highest BCUT2D eigenvalue weighted by atomic mass is 16.2. The first kappa shape index (κ1) is 15.5. The lowest BCUT2D eigenvalue weighted by atomic mass is 9.93. The molecular weight excluding hydrogens is 238 g/mol. The summed E-state index contributed by atoms with van der Waals surface area (Å²) < 4.78 is 0. The largest absolute Gasteiger partial charge is 0.333 e. The second kappa shape index (κ2) is 6.57. The molecule has 0 aliphatic carbocycles. The summed E-state index contributed by atoms with van der Waals surface area (Å²) in [5, 5.41) is 4.61. The third kappa shape index (κ3) is 4.24. The summed E-state index contributed by atoms with van der Waals surface area (Å²) in [6.45, 7) is 8.53. The minimum atomic E-state index is -0.208. The van der Waals surface area contributed by atoms with Crippen molar-refractivity contribution in [3.8, 4) is 0 Å². The lowest BCUT2D eigenvalue weighted by molar-refractivity contribution is 0.224. The van der Waals surface area contributed by atoms with Gasteiger partial charge in [-0.3, -0.25) is 5.43 Å². The van der Waals surface area contributed by atoms with Crippen LogP contribution in [0.2, 0.25) is 0 Å². The third-order valence-electron chi connectivity index (χ3n) is 2.94. The van der Waals surface area contributed by atoms with E-state index in [0.717, 1.165) is 5.69 Å². The van der Waals surface area contributed by atoms with Crippen LogP contribution < -0.4 is 10.7 Å². The fraction of sp³-hybridized carbons (Fsp3) is 0.533. The zero-order chi connectivity index (χ0) is 14.6. The van der Waals surface area contributed by atoms with Gasteiger partial charge < -0.3 is 5.32 Å². The van der Waals surface area contributed by atoms with Gasteiger partial charge in [0.15, 0.2) is 0 Å². The molecular formula is C15H25N3O. The molecule has 0 fully saturated rings. The average molecular weight is 263 g/mol. The van der Waals surface area contributed by atoms with E-state index in [1.807, 2.05) is 0 Å². The zero-order valence-electron chi connectivity index (χ0n) is 12.7. The Morgan fingerprint density at radius 2 is 1.53 bits per heavy atom. The van der Waals surface area contributed by atoms with Crippen LogP contribution in [0.3, 0.4) is 0 Å². The van der Waals surface area contributed by atoms with E-state index < -0.39 is 0 Å². The smallest absolute Gasteiger partial charge is 0.306 e. The van der Waals surface area contributed by atoms with Crippen molar-refractivity contribution < 1.29 is 4.79 Å². The molecule has 0 aliphatic heterocycles. The van der Waals surface area contributed by atoms with Crippen molar-refractivity contribution in [3.63, 3.8) is 0 Å². The summed E-state index contributed by atoms with van der Waals surface area (Å²) in [6, 6.07) is 5.99. The first-order valence-corrected chi connectivity index (χ1v) is 6.70. The number of nitrogens with zero attached hydrogens (tertiary/aromatic N) is 1. The van der Waals surface area contributed by atoms with Gasteiger partial charge in [0.25, 0.3) is 0 Å². The van der Waals surface area contributed by atoms with Crippen molar-refractivity contribution in [2.75, 3.05) is 19.4 Å². The van der Waals surface area contributed by atoms with E-state index in [0.29, 0.717) is 11.8 Å². The van der Waals surface area contributed by atoms with Crippen LogP contribution in [0.4, 0.5) is 10.5 Å². The van der Waals surface area contributed by atoms with Crippen LogP contribution in [0.5, 0.6) is 0 Å². The fourth-order valence-electron chi connectivity index (χ4n) is 2.04. The molecule has 0 heterocycles. The number of carbonyl (C=O) groups is 1. The van der Waals surface area contributed by atoms with Crippen molar-refractivity contribution in [2.45, 2.75) is 39.5 Å². The number of carbonyl (C=O) groups excluding carboxylic acids is 1. The van der Waals surface area contributed by atoms with Gasteiger partial charge in [0, 0.05) is 19.8 Å². The molecule has 4 nitrogen and oxygen atoms in total. The van der Waals surface area contributed by atoms with E-state index in [9.17, 15) is 4.79 Å². The first-order chi connectivity index (χ1) is 8.82. The van der Waals surface area contributed by atoms with Crippen molar-refractivity contribution in [1.29, 1.82) is 0 Å². The maximum absolute atomic E-state index is 11.9. The highest BCUT2D eigenvalue weighted by Crippen LogP contribution is 2.32. The standard InChI is InChI=1S/C15H25N3O/c1-10(2)12-8-7-9-13(11(3)4)14(12)16-15(19)17-18(5)6/h7-11H,1-6H3,(H2,16,17,19). The molecule has 1 aromatic rings. The normalized spacial score (nSPS) is 11.2. The number of hydrazine groups is 1. The summed E-state index contributed by atoms with van der Waals surface area (Å²) in [6.07, 6.45) is 0. The average Bonchev–Trinajstić information content (AvgIpc) is 2.27. The Morgan fingerprint density at radius 3 is 1.89 bits per heavy atom. The number of amides is 2. The van der Waals surface area contributed by atoms with Crippen molar-refractivity contribution >= 4 is 11.7 Å². The predicted molar refractivity (Wildman–Crippen MR) is 80.5 cm³/mol. The van der Waals surface area contributed by atoms with Gasteiger partial charge in [-0.25, -0.2) is 9.80 Å². The predicted octanol–water partition coefficient (Wildman–Crippen LogP) is 3.53. The summed E-state index contributed by atoms with van der Waals surface area (Å²) in [4.78, 5) is 11.9. The van der Waals surface area contributed by atoms with Gasteiger partial charge >= 0.3 is 6.03 Å². The summed E-state index contributed by atoms with van der Waals surface area (Å²) in [5.41, 5.74) is 5.98. The number of rotatable bonds is 4. The van der Waals surface area contributed by atoms with Gasteiger partial charge in [-0.05, 0) is 23.0 Å². The lowest BCUT2D eigenvalue weighted by Gasteiger charge is -2.21. The molecule has 1 aromatic carbocycles. The summed E-state index contributed by atoms with van der Waals surface area (Å²) in [5.74, 6) is 0.738. The SMILES string of the molecule is CC(C)c1cccc(C(C)C)c1NC(=O)NN(C)C. The van der Waals surface area contributed by atoms with Gasteiger partial charge in [-0.2, -0.15) is 0 Å². The van der Waals surface area contributed by atoms with Gasteiger partial charge in [-0.1, -0.05) is 45.9 Å². The quantitative estimate of drug-likeness (QED) is 0.816. The van der Waals surface area contributed by atoms with E-state index in [2.05, 4.69) is 56.6 Å². The molecule has 19 heavy (non-hydrogen) atoms. The van der Waals surface area contributed by atoms with Gasteiger partial charge in [-0.15, -0.1) is 0 Å². The Kier molecular flexibility index (Phi) is 5.36. The van der Waals surface area contributed by atoms with Crippen LogP contribution in [0, 0.1) is 0 Å². The number of hydrogen-bond acceptors (Lipinski definition) is 2. The molecule has 0 atom stereocenters. The fourth-order valence-corrected chi connectivity index (χ4v) is 2.04. The first-order valence-electron chi connectivity index (χ1n) is 6.70. The van der Waals surface area contributed by atoms with Crippen molar-refractivity contribution in [1.82, 2.24) is 10.4 Å². The van der Waals surface area contributed by atoms with Crippen LogP contribution in [0.25, 0.3) is 0 Å². The minimum Gasteiger partial charge on any atom is -0.306 e. The molecule has 0 saturated carbocycles. The molecule has 2 N–H and O–H groups in total. The molecule has 106 valence electrons. The molecule has 0 radical (unpaired) electrons. The second-order valence-electron chi connectivity index (χ2n) is 5.58. The molecule has 0 spiro atoms. The Morgan fingerprint density at radius 1 is 1.05 bits per heavy atom. The van der Waals surface area contributed by atoms with Gasteiger partial charge in [0.05, 0.1) is 0 Å². The van der Waals surface area contributed by atoms with Crippen LogP contribution in [0.15, 0.2) is 18.2 Å². The monoisotopic (exact) mass is 263 g/mol. The number of hydrogen-bond donors (Lipinski definition) is 2. The highest BCUT2D eigenvalue weighted by molar-refractivity contribution is 5.91. The zero-order valence-corrected chi connectivity index (χ0v) is 12.7. The molecule has 0 saturated heterocycles. The second-order valence-corrected chi connectivity index (χ2v) is 5.58. The number of para-hydroxylation sites is 1. The molecule has 0 aromatic heterocycles. The van der Waals surface area contributed by atoms with E-state index in [1.54, 1.807) is 19.1 Å². The number of anilines is 1. The number of benzene rings is 1. The Balaban J connectivity index is 3.11. The van der Waals surface area contributed by atoms with Crippen LogP contribution in [0.1, 0.15) is 50.7 Å². The van der Waals surface area contributed by atoms with Crippen molar-refractivity contribution in [3.05, 3.63) is 29.3 Å². The van der Waals surface area contributed by atoms with Crippen LogP contribution >= 0.6 is 0 Å². The Labute approximate surface area is 116 Å². The van der Waals surface area contributed by atoms with E-state index >= 15 is 0 Å². The molecule has 0 bridgehead atoms.